The van der Waals surface area contributed by atoms with Gasteiger partial charge in [0.1, 0.15) is 11.3 Å². The minimum Gasteiger partial charge on any atom is -0.466 e. The maximum Gasteiger partial charge on any atom is 0.307 e. The van der Waals surface area contributed by atoms with E-state index in [1.165, 1.54) is 0 Å². The van der Waals surface area contributed by atoms with Gasteiger partial charge in [-0.15, -0.1) is 0 Å². The first-order valence-corrected chi connectivity index (χ1v) is 7.46. The van der Waals surface area contributed by atoms with Crippen LogP contribution >= 0.6 is 0 Å². The van der Waals surface area contributed by atoms with Crippen LogP contribution in [0, 0.1) is 6.92 Å². The third-order valence-corrected chi connectivity index (χ3v) is 3.48. The van der Waals surface area contributed by atoms with Crippen LogP contribution in [0.25, 0.3) is 5.65 Å². The molecule has 0 N–H and O–H groups in total. The molecule has 1 amide bonds. The van der Waals surface area contributed by atoms with Crippen LogP contribution in [0.2, 0.25) is 0 Å². The number of pyridine rings is 1. The second-order valence-electron chi connectivity index (χ2n) is 4.96. The maximum absolute atomic E-state index is 12.5. The van der Waals surface area contributed by atoms with Gasteiger partial charge in [-0.1, -0.05) is 6.07 Å². The van der Waals surface area contributed by atoms with Crippen LogP contribution < -0.4 is 0 Å². The van der Waals surface area contributed by atoms with Crippen LogP contribution in [0.5, 0.6) is 0 Å². The molecule has 2 heterocycles. The second-order valence-corrected chi connectivity index (χ2v) is 4.96. The molecule has 2 aromatic rings. The van der Waals surface area contributed by atoms with Gasteiger partial charge in [0.2, 0.25) is 0 Å². The van der Waals surface area contributed by atoms with E-state index in [2.05, 4.69) is 4.98 Å². The first-order chi connectivity index (χ1) is 10.6. The molecule has 0 spiro atoms. The number of ether oxygens (including phenoxy) is 1. The normalized spacial score (nSPS) is 10.7. The summed E-state index contributed by atoms with van der Waals surface area (Å²) < 4.78 is 6.77. The lowest BCUT2D eigenvalue weighted by atomic mass is 10.3. The number of hydrogen-bond donors (Lipinski definition) is 0. The zero-order valence-corrected chi connectivity index (χ0v) is 13.2. The Morgan fingerprint density at radius 3 is 2.73 bits per heavy atom. The fourth-order valence-electron chi connectivity index (χ4n) is 2.28. The first-order valence-electron chi connectivity index (χ1n) is 7.46. The summed E-state index contributed by atoms with van der Waals surface area (Å²) in [6.45, 7) is 6.81. The number of fused-ring (bicyclic) bond motifs is 1. The van der Waals surface area contributed by atoms with E-state index < -0.39 is 0 Å². The topological polar surface area (TPSA) is 63.9 Å². The molecule has 2 rings (SSSR count). The summed E-state index contributed by atoms with van der Waals surface area (Å²) in [5.41, 5.74) is 2.14. The lowest BCUT2D eigenvalue weighted by Crippen LogP contribution is -2.33. The molecule has 0 unspecified atom stereocenters. The van der Waals surface area contributed by atoms with Gasteiger partial charge in [-0.2, -0.15) is 0 Å². The van der Waals surface area contributed by atoms with E-state index in [0.29, 0.717) is 25.4 Å². The van der Waals surface area contributed by atoms with Crippen molar-refractivity contribution < 1.29 is 14.3 Å². The van der Waals surface area contributed by atoms with Gasteiger partial charge in [-0.25, -0.2) is 4.98 Å². The monoisotopic (exact) mass is 303 g/mol. The van der Waals surface area contributed by atoms with Crippen molar-refractivity contribution in [3.63, 3.8) is 0 Å². The molecule has 0 aliphatic heterocycles. The molecule has 0 atom stereocenters. The Morgan fingerprint density at radius 2 is 2.09 bits per heavy atom. The Kier molecular flexibility index (Phi) is 5.14. The standard InChI is InChI=1S/C16H21N3O3/c1-4-18(10-9-15(20)22-5-2)16(21)13-11-19-12(3)7-6-8-14(19)17-13/h6-8,11H,4-5,9-10H2,1-3H3. The number of carbonyl (C=O) groups excluding carboxylic acids is 2. The van der Waals surface area contributed by atoms with E-state index >= 15 is 0 Å². The van der Waals surface area contributed by atoms with Crippen molar-refractivity contribution in [1.82, 2.24) is 14.3 Å². The molecule has 0 aliphatic carbocycles. The van der Waals surface area contributed by atoms with E-state index in [1.807, 2.05) is 36.4 Å². The molecule has 0 saturated carbocycles. The first kappa shape index (κ1) is 16.0. The number of nitrogens with zero attached hydrogens (tertiary/aromatic N) is 3. The fraction of sp³-hybridized carbons (Fsp3) is 0.438. The van der Waals surface area contributed by atoms with Crippen molar-refractivity contribution in [2.45, 2.75) is 27.2 Å². The molecule has 2 aromatic heterocycles. The average molecular weight is 303 g/mol. The Balaban J connectivity index is 2.12. The van der Waals surface area contributed by atoms with Gasteiger partial charge in [0.15, 0.2) is 0 Å². The molecule has 0 radical (unpaired) electrons. The van der Waals surface area contributed by atoms with Crippen LogP contribution in [0.3, 0.4) is 0 Å². The van der Waals surface area contributed by atoms with E-state index in [4.69, 9.17) is 4.74 Å². The third-order valence-electron chi connectivity index (χ3n) is 3.48. The number of esters is 1. The number of rotatable bonds is 6. The molecule has 0 bridgehead atoms. The van der Waals surface area contributed by atoms with Crippen molar-refractivity contribution in [3.8, 4) is 0 Å². The van der Waals surface area contributed by atoms with Gasteiger partial charge in [-0.05, 0) is 32.9 Å². The SMILES string of the molecule is CCOC(=O)CCN(CC)C(=O)c1cn2c(C)cccc2n1. The smallest absolute Gasteiger partial charge is 0.307 e. The van der Waals surface area contributed by atoms with Crippen LogP contribution in [0.4, 0.5) is 0 Å². The lowest BCUT2D eigenvalue weighted by Gasteiger charge is -2.19. The predicted molar refractivity (Wildman–Crippen MR) is 82.8 cm³/mol. The van der Waals surface area contributed by atoms with E-state index in [9.17, 15) is 9.59 Å². The van der Waals surface area contributed by atoms with Crippen molar-refractivity contribution in [3.05, 3.63) is 35.8 Å². The Hall–Kier alpha value is -2.37. The predicted octanol–water partition coefficient (Wildman–Crippen LogP) is 2.06. The molecule has 118 valence electrons. The largest absolute Gasteiger partial charge is 0.466 e. The molecule has 0 aliphatic rings. The Labute approximate surface area is 129 Å². The van der Waals surface area contributed by atoms with Crippen molar-refractivity contribution in [1.29, 1.82) is 0 Å². The van der Waals surface area contributed by atoms with Gasteiger partial charge in [0.25, 0.3) is 5.91 Å². The molecule has 0 saturated heterocycles. The molecule has 0 fully saturated rings. The van der Waals surface area contributed by atoms with Gasteiger partial charge >= 0.3 is 5.97 Å². The Morgan fingerprint density at radius 1 is 1.32 bits per heavy atom. The molecule has 0 aromatic carbocycles. The highest BCUT2D eigenvalue weighted by Crippen LogP contribution is 2.11. The molecule has 22 heavy (non-hydrogen) atoms. The zero-order valence-electron chi connectivity index (χ0n) is 13.2. The van der Waals surface area contributed by atoms with Crippen LogP contribution in [-0.4, -0.2) is 45.9 Å². The molecular weight excluding hydrogens is 282 g/mol. The summed E-state index contributed by atoms with van der Waals surface area (Å²) in [5.74, 6) is -0.463. The van der Waals surface area contributed by atoms with E-state index in [1.54, 1.807) is 18.0 Å². The average Bonchev–Trinajstić information content (AvgIpc) is 2.93. The zero-order chi connectivity index (χ0) is 16.1. The van der Waals surface area contributed by atoms with Crippen LogP contribution in [-0.2, 0) is 9.53 Å². The highest BCUT2D eigenvalue weighted by atomic mass is 16.5. The number of aromatic nitrogens is 2. The maximum atomic E-state index is 12.5. The number of carbonyl (C=O) groups is 2. The van der Waals surface area contributed by atoms with Crippen molar-refractivity contribution in [2.75, 3.05) is 19.7 Å². The summed E-state index contributed by atoms with van der Waals surface area (Å²) in [6, 6.07) is 5.73. The number of hydrogen-bond acceptors (Lipinski definition) is 4. The third kappa shape index (κ3) is 3.44. The van der Waals surface area contributed by atoms with Gasteiger partial charge in [0, 0.05) is 25.0 Å². The van der Waals surface area contributed by atoms with Gasteiger partial charge in [-0.3, -0.25) is 9.59 Å². The highest BCUT2D eigenvalue weighted by molar-refractivity contribution is 5.93. The Bertz CT molecular complexity index is 678. The van der Waals surface area contributed by atoms with Crippen molar-refractivity contribution in [2.24, 2.45) is 0 Å². The minimum absolute atomic E-state index is 0.171. The highest BCUT2D eigenvalue weighted by Gasteiger charge is 2.19. The summed E-state index contributed by atoms with van der Waals surface area (Å²) in [7, 11) is 0. The molecule has 6 heteroatoms. The summed E-state index contributed by atoms with van der Waals surface area (Å²) in [5, 5.41) is 0. The fourth-order valence-corrected chi connectivity index (χ4v) is 2.28. The van der Waals surface area contributed by atoms with Gasteiger partial charge < -0.3 is 14.0 Å². The van der Waals surface area contributed by atoms with E-state index in [-0.39, 0.29) is 18.3 Å². The number of aryl methyl sites for hydroxylation is 1. The number of imidazole rings is 1. The van der Waals surface area contributed by atoms with E-state index in [0.717, 1.165) is 11.3 Å². The minimum atomic E-state index is -0.292. The lowest BCUT2D eigenvalue weighted by molar-refractivity contribution is -0.143. The quantitative estimate of drug-likeness (QED) is 0.766. The summed E-state index contributed by atoms with van der Waals surface area (Å²) in [6.07, 6.45) is 1.93. The second kappa shape index (κ2) is 7.06. The van der Waals surface area contributed by atoms with Crippen LogP contribution in [0.15, 0.2) is 24.4 Å². The molecular formula is C16H21N3O3. The summed E-state index contributed by atoms with van der Waals surface area (Å²) in [4.78, 5) is 29.9. The van der Waals surface area contributed by atoms with Crippen molar-refractivity contribution >= 4 is 17.5 Å². The van der Waals surface area contributed by atoms with Gasteiger partial charge in [0.05, 0.1) is 13.0 Å². The van der Waals surface area contributed by atoms with Crippen LogP contribution in [0.1, 0.15) is 36.5 Å². The molecule has 6 nitrogen and oxygen atoms in total. The number of amides is 1. The summed E-state index contributed by atoms with van der Waals surface area (Å²) >= 11 is 0.